The topological polar surface area (TPSA) is 110 Å². The highest BCUT2D eigenvalue weighted by molar-refractivity contribution is 5.75. The van der Waals surface area contributed by atoms with Crippen LogP contribution in [0.1, 0.15) is 31.7 Å². The number of nitrogens with one attached hydrogen (secondary N) is 1. The fourth-order valence-corrected chi connectivity index (χ4v) is 2.03. The van der Waals surface area contributed by atoms with Crippen molar-refractivity contribution in [1.82, 2.24) is 15.1 Å². The summed E-state index contributed by atoms with van der Waals surface area (Å²) in [6.07, 6.45) is 0.582. The van der Waals surface area contributed by atoms with Gasteiger partial charge in [0.2, 0.25) is 5.91 Å². The summed E-state index contributed by atoms with van der Waals surface area (Å²) in [5.74, 6) is -0.262. The highest BCUT2D eigenvalue weighted by Gasteiger charge is 2.23. The minimum Gasteiger partial charge on any atom is -0.396 e. The first-order valence-electron chi connectivity index (χ1n) is 6.74. The highest BCUT2D eigenvalue weighted by atomic mass is 16.6. The Bertz CT molecular complexity index is 537. The van der Waals surface area contributed by atoms with E-state index >= 15 is 0 Å². The van der Waals surface area contributed by atoms with Gasteiger partial charge in [-0.1, -0.05) is 13.8 Å². The monoisotopic (exact) mass is 298 g/mol. The van der Waals surface area contributed by atoms with E-state index in [0.717, 1.165) is 0 Å². The third-order valence-electron chi connectivity index (χ3n) is 3.37. The van der Waals surface area contributed by atoms with Crippen molar-refractivity contribution in [3.8, 4) is 0 Å². The number of carbonyl (C=O) groups excluding carboxylic acids is 1. The van der Waals surface area contributed by atoms with Crippen molar-refractivity contribution in [2.24, 2.45) is 5.41 Å². The Labute approximate surface area is 123 Å². The maximum Gasteiger partial charge on any atom is 0.312 e. The molecule has 8 nitrogen and oxygen atoms in total. The van der Waals surface area contributed by atoms with Gasteiger partial charge in [-0.2, -0.15) is 5.10 Å². The zero-order valence-electron chi connectivity index (χ0n) is 12.8. The molecule has 0 aliphatic heterocycles. The van der Waals surface area contributed by atoms with Gasteiger partial charge in [-0.15, -0.1) is 0 Å². The summed E-state index contributed by atoms with van der Waals surface area (Å²) in [6, 6.07) is 0. The first kappa shape index (κ1) is 17.1. The Kier molecular flexibility index (Phi) is 5.42. The number of hydrogen-bond donors (Lipinski definition) is 2. The number of aryl methyl sites for hydroxylation is 1. The first-order valence-corrected chi connectivity index (χ1v) is 6.74. The number of aliphatic hydroxyl groups is 1. The van der Waals surface area contributed by atoms with Gasteiger partial charge in [-0.25, -0.2) is 0 Å². The molecule has 0 unspecified atom stereocenters. The van der Waals surface area contributed by atoms with Gasteiger partial charge in [-0.3, -0.25) is 19.6 Å². The lowest BCUT2D eigenvalue weighted by Gasteiger charge is -2.23. The molecule has 0 bridgehead atoms. The van der Waals surface area contributed by atoms with E-state index in [0.29, 0.717) is 24.4 Å². The van der Waals surface area contributed by atoms with Gasteiger partial charge in [-0.05, 0) is 25.7 Å². The maximum absolute atomic E-state index is 11.9. The third kappa shape index (κ3) is 4.52. The van der Waals surface area contributed by atoms with Crippen LogP contribution < -0.4 is 5.32 Å². The lowest BCUT2D eigenvalue weighted by molar-refractivity contribution is -0.386. The fourth-order valence-electron chi connectivity index (χ4n) is 2.03. The van der Waals surface area contributed by atoms with E-state index < -0.39 is 4.92 Å². The van der Waals surface area contributed by atoms with Gasteiger partial charge in [0, 0.05) is 13.2 Å². The van der Waals surface area contributed by atoms with Crippen LogP contribution in [0.4, 0.5) is 5.69 Å². The van der Waals surface area contributed by atoms with Crippen LogP contribution in [-0.4, -0.2) is 38.9 Å². The number of nitro groups is 1. The van der Waals surface area contributed by atoms with Crippen LogP contribution in [0.3, 0.4) is 0 Å². The lowest BCUT2D eigenvalue weighted by Crippen LogP contribution is -2.36. The van der Waals surface area contributed by atoms with Crippen LogP contribution in [0.5, 0.6) is 0 Å². The van der Waals surface area contributed by atoms with Crippen molar-refractivity contribution in [2.75, 3.05) is 13.2 Å². The molecule has 0 atom stereocenters. The van der Waals surface area contributed by atoms with E-state index in [4.69, 9.17) is 5.11 Å². The van der Waals surface area contributed by atoms with Crippen molar-refractivity contribution in [2.45, 2.75) is 40.7 Å². The molecule has 0 aliphatic carbocycles. The highest BCUT2D eigenvalue weighted by Crippen LogP contribution is 2.21. The van der Waals surface area contributed by atoms with E-state index in [1.807, 2.05) is 13.8 Å². The van der Waals surface area contributed by atoms with Crippen LogP contribution in [0, 0.1) is 29.4 Å². The summed E-state index contributed by atoms with van der Waals surface area (Å²) in [7, 11) is 0. The molecule has 0 spiro atoms. The number of nitrogens with zero attached hydrogens (tertiary/aromatic N) is 3. The van der Waals surface area contributed by atoms with Crippen molar-refractivity contribution < 1.29 is 14.8 Å². The van der Waals surface area contributed by atoms with Crippen LogP contribution in [0.25, 0.3) is 0 Å². The zero-order chi connectivity index (χ0) is 16.2. The summed E-state index contributed by atoms with van der Waals surface area (Å²) in [5, 5.41) is 26.6. The quantitative estimate of drug-likeness (QED) is 0.575. The summed E-state index contributed by atoms with van der Waals surface area (Å²) < 4.78 is 1.34. The summed E-state index contributed by atoms with van der Waals surface area (Å²) in [5.41, 5.74) is 0.405. The second kappa shape index (κ2) is 6.66. The van der Waals surface area contributed by atoms with E-state index in [-0.39, 0.29) is 30.2 Å². The predicted molar refractivity (Wildman–Crippen MR) is 76.8 cm³/mol. The van der Waals surface area contributed by atoms with E-state index in [2.05, 4.69) is 10.4 Å². The molecular weight excluding hydrogens is 276 g/mol. The Hall–Kier alpha value is -1.96. The van der Waals surface area contributed by atoms with Crippen molar-refractivity contribution >= 4 is 11.6 Å². The first-order chi connectivity index (χ1) is 9.68. The molecular formula is C13H22N4O4. The molecule has 0 radical (unpaired) electrons. The second-order valence-corrected chi connectivity index (χ2v) is 5.85. The number of aliphatic hydroxyl groups excluding tert-OH is 1. The van der Waals surface area contributed by atoms with Gasteiger partial charge in [0.1, 0.15) is 17.9 Å². The molecule has 1 heterocycles. The SMILES string of the molecule is Cc1nn(CC(=O)NCC(C)(C)CCO)c(C)c1[N+](=O)[O-]. The zero-order valence-corrected chi connectivity index (χ0v) is 12.8. The maximum atomic E-state index is 11.9. The van der Waals surface area contributed by atoms with E-state index in [1.165, 1.54) is 4.68 Å². The number of carbonyl (C=O) groups is 1. The number of amides is 1. The normalized spacial score (nSPS) is 11.5. The predicted octanol–water partition coefficient (Wildman–Crippen LogP) is 0.933. The van der Waals surface area contributed by atoms with Crippen molar-refractivity contribution in [1.29, 1.82) is 0 Å². The molecule has 2 N–H and O–H groups in total. The molecule has 118 valence electrons. The summed E-state index contributed by atoms with van der Waals surface area (Å²) in [4.78, 5) is 22.3. The standard InChI is InChI=1S/C13H22N4O4/c1-9-12(17(20)21)10(2)16(15-9)7-11(19)14-8-13(3,4)5-6-18/h18H,5-8H2,1-4H3,(H,14,19). The molecule has 0 fully saturated rings. The van der Waals surface area contributed by atoms with Crippen molar-refractivity contribution in [3.63, 3.8) is 0 Å². The van der Waals surface area contributed by atoms with Crippen LogP contribution >= 0.6 is 0 Å². The largest absolute Gasteiger partial charge is 0.396 e. The molecule has 8 heteroatoms. The van der Waals surface area contributed by atoms with Gasteiger partial charge in [0.25, 0.3) is 0 Å². The molecule has 21 heavy (non-hydrogen) atoms. The lowest BCUT2D eigenvalue weighted by atomic mass is 9.90. The average Bonchev–Trinajstić information content (AvgIpc) is 2.62. The van der Waals surface area contributed by atoms with E-state index in [9.17, 15) is 14.9 Å². The Morgan fingerprint density at radius 3 is 2.57 bits per heavy atom. The average molecular weight is 298 g/mol. The molecule has 0 aliphatic rings. The number of rotatable bonds is 7. The Balaban J connectivity index is 2.68. The molecule has 0 saturated heterocycles. The third-order valence-corrected chi connectivity index (χ3v) is 3.37. The second-order valence-electron chi connectivity index (χ2n) is 5.85. The van der Waals surface area contributed by atoms with Gasteiger partial charge in [0.15, 0.2) is 0 Å². The molecule has 1 aromatic rings. The number of aromatic nitrogens is 2. The molecule has 1 aromatic heterocycles. The molecule has 0 aromatic carbocycles. The van der Waals surface area contributed by atoms with Crippen LogP contribution in [0.15, 0.2) is 0 Å². The Morgan fingerprint density at radius 2 is 2.10 bits per heavy atom. The van der Waals surface area contributed by atoms with E-state index in [1.54, 1.807) is 13.8 Å². The van der Waals surface area contributed by atoms with Gasteiger partial charge < -0.3 is 10.4 Å². The molecule has 1 amide bonds. The van der Waals surface area contributed by atoms with Gasteiger partial charge in [0.05, 0.1) is 4.92 Å². The smallest absolute Gasteiger partial charge is 0.312 e. The number of hydrogen-bond acceptors (Lipinski definition) is 5. The summed E-state index contributed by atoms with van der Waals surface area (Å²) >= 11 is 0. The van der Waals surface area contributed by atoms with Crippen LogP contribution in [0.2, 0.25) is 0 Å². The minimum absolute atomic E-state index is 0.0524. The fraction of sp³-hybridized carbons (Fsp3) is 0.692. The summed E-state index contributed by atoms with van der Waals surface area (Å²) in [6.45, 7) is 7.43. The minimum atomic E-state index is -0.490. The molecule has 1 rings (SSSR count). The van der Waals surface area contributed by atoms with Crippen molar-refractivity contribution in [3.05, 3.63) is 21.5 Å². The molecule has 0 saturated carbocycles. The Morgan fingerprint density at radius 1 is 1.48 bits per heavy atom. The van der Waals surface area contributed by atoms with Gasteiger partial charge >= 0.3 is 5.69 Å². The van der Waals surface area contributed by atoms with Crippen LogP contribution in [-0.2, 0) is 11.3 Å².